The maximum absolute atomic E-state index is 12.9. The van der Waals surface area contributed by atoms with E-state index in [1.165, 1.54) is 4.90 Å². The summed E-state index contributed by atoms with van der Waals surface area (Å²) in [7, 11) is 6.54. The van der Waals surface area contributed by atoms with Gasteiger partial charge in [0.1, 0.15) is 5.75 Å². The summed E-state index contributed by atoms with van der Waals surface area (Å²) in [4.78, 5) is 56.8. The Labute approximate surface area is 267 Å². The Morgan fingerprint density at radius 2 is 1.20 bits per heavy atom. The number of hydrogen-bond acceptors (Lipinski definition) is 5. The molecule has 0 heterocycles. The van der Waals surface area contributed by atoms with Crippen LogP contribution in [-0.4, -0.2) is 118 Å². The normalized spacial score (nSPS) is 10.5. The number of hydrogen-bond donors (Lipinski definition) is 4. The predicted molar refractivity (Wildman–Crippen MR) is 175 cm³/mol. The number of methoxy groups -OCH3 is 1. The number of nitrogens with zero attached hydrogens (tertiary/aromatic N) is 4. The molecule has 0 radical (unpaired) electrons. The molecule has 8 amide bonds. The zero-order valence-corrected chi connectivity index (χ0v) is 27.5. The SMILES string of the molecule is CNC(=O)N(CCNC(=O)N(C)CCNC(=O)N(CCNC(=O)N(C)Cc1ccc(OC)cc1)CC(C)C)Cc1ccccc1. The summed E-state index contributed by atoms with van der Waals surface area (Å²) >= 11 is 0. The number of likely N-dealkylation sites (N-methyl/N-ethyl adjacent to an activating group) is 1. The van der Waals surface area contributed by atoms with Gasteiger partial charge in [0.15, 0.2) is 0 Å². The molecule has 13 heteroatoms. The molecular weight excluding hydrogens is 576 g/mol. The predicted octanol–water partition coefficient (Wildman–Crippen LogP) is 2.99. The molecule has 45 heavy (non-hydrogen) atoms. The largest absolute Gasteiger partial charge is 0.497 e. The second kappa shape index (κ2) is 19.6. The van der Waals surface area contributed by atoms with Crippen LogP contribution in [0.5, 0.6) is 5.75 Å². The van der Waals surface area contributed by atoms with Gasteiger partial charge in [-0.2, -0.15) is 0 Å². The summed E-state index contributed by atoms with van der Waals surface area (Å²) in [5.41, 5.74) is 1.97. The van der Waals surface area contributed by atoms with Gasteiger partial charge in [0.25, 0.3) is 0 Å². The van der Waals surface area contributed by atoms with Gasteiger partial charge in [-0.3, -0.25) is 0 Å². The van der Waals surface area contributed by atoms with Crippen LogP contribution >= 0.6 is 0 Å². The van der Waals surface area contributed by atoms with Crippen molar-refractivity contribution in [3.05, 3.63) is 65.7 Å². The third-order valence-electron chi connectivity index (χ3n) is 6.90. The molecule has 0 spiro atoms. The minimum atomic E-state index is -0.304. The molecule has 4 N–H and O–H groups in total. The first kappa shape index (κ1) is 36.5. The van der Waals surface area contributed by atoms with E-state index >= 15 is 0 Å². The number of nitrogens with one attached hydrogen (secondary N) is 4. The van der Waals surface area contributed by atoms with Crippen molar-refractivity contribution < 1.29 is 23.9 Å². The van der Waals surface area contributed by atoms with Gasteiger partial charge in [-0.05, 0) is 29.2 Å². The molecule has 2 aromatic rings. The molecule has 0 aliphatic heterocycles. The summed E-state index contributed by atoms with van der Waals surface area (Å²) in [5, 5.41) is 11.2. The number of urea groups is 4. The fraction of sp³-hybridized carbons (Fsp3) is 0.500. The van der Waals surface area contributed by atoms with E-state index in [1.807, 2.05) is 68.4 Å². The van der Waals surface area contributed by atoms with Crippen molar-refractivity contribution in [1.29, 1.82) is 0 Å². The Bertz CT molecular complexity index is 1200. The molecule has 0 saturated carbocycles. The minimum absolute atomic E-state index is 0.227. The van der Waals surface area contributed by atoms with Crippen molar-refractivity contribution in [3.63, 3.8) is 0 Å². The quantitative estimate of drug-likeness (QED) is 0.227. The number of amides is 8. The van der Waals surface area contributed by atoms with Gasteiger partial charge in [-0.25, -0.2) is 19.2 Å². The van der Waals surface area contributed by atoms with Crippen LogP contribution in [0.15, 0.2) is 54.6 Å². The zero-order chi connectivity index (χ0) is 33.2. The molecule has 0 bridgehead atoms. The molecule has 0 unspecified atom stereocenters. The number of ether oxygens (including phenoxy) is 1. The third kappa shape index (κ3) is 13.7. The molecule has 2 aromatic carbocycles. The Kier molecular flexibility index (Phi) is 15.9. The lowest BCUT2D eigenvalue weighted by Crippen LogP contribution is -2.49. The van der Waals surface area contributed by atoms with E-state index in [1.54, 1.807) is 43.0 Å². The maximum Gasteiger partial charge on any atom is 0.317 e. The van der Waals surface area contributed by atoms with Crippen molar-refractivity contribution in [3.8, 4) is 5.75 Å². The van der Waals surface area contributed by atoms with E-state index in [0.29, 0.717) is 45.8 Å². The van der Waals surface area contributed by atoms with Gasteiger partial charge in [0.05, 0.1) is 7.11 Å². The van der Waals surface area contributed by atoms with Crippen LogP contribution in [0.3, 0.4) is 0 Å². The fourth-order valence-electron chi connectivity index (χ4n) is 4.42. The van der Waals surface area contributed by atoms with Gasteiger partial charge < -0.3 is 45.6 Å². The van der Waals surface area contributed by atoms with Crippen LogP contribution in [0.25, 0.3) is 0 Å². The topological polar surface area (TPSA) is 139 Å². The van der Waals surface area contributed by atoms with Crippen LogP contribution in [-0.2, 0) is 13.1 Å². The molecule has 2 rings (SSSR count). The molecule has 248 valence electrons. The molecule has 0 aliphatic rings. The highest BCUT2D eigenvalue weighted by Gasteiger charge is 2.17. The average Bonchev–Trinajstić information content (AvgIpc) is 3.03. The van der Waals surface area contributed by atoms with Crippen molar-refractivity contribution in [2.24, 2.45) is 5.92 Å². The Morgan fingerprint density at radius 1 is 0.667 bits per heavy atom. The van der Waals surface area contributed by atoms with Crippen LogP contribution in [0.1, 0.15) is 25.0 Å². The summed E-state index contributed by atoms with van der Waals surface area (Å²) in [6.45, 7) is 7.22. The third-order valence-corrected chi connectivity index (χ3v) is 6.90. The van der Waals surface area contributed by atoms with Gasteiger partial charge in [-0.15, -0.1) is 0 Å². The lowest BCUT2D eigenvalue weighted by Gasteiger charge is -2.27. The number of rotatable bonds is 16. The molecule has 13 nitrogen and oxygen atoms in total. The van der Waals surface area contributed by atoms with E-state index in [9.17, 15) is 19.2 Å². The van der Waals surface area contributed by atoms with E-state index in [-0.39, 0.29) is 43.1 Å². The van der Waals surface area contributed by atoms with Gasteiger partial charge in [-0.1, -0.05) is 56.3 Å². The van der Waals surface area contributed by atoms with E-state index in [2.05, 4.69) is 21.3 Å². The average molecular weight is 627 g/mol. The van der Waals surface area contributed by atoms with E-state index in [0.717, 1.165) is 16.9 Å². The number of benzene rings is 2. The highest BCUT2D eigenvalue weighted by atomic mass is 16.5. The van der Waals surface area contributed by atoms with Crippen LogP contribution in [0.2, 0.25) is 0 Å². The molecular formula is C32H50N8O5. The van der Waals surface area contributed by atoms with Gasteiger partial charge >= 0.3 is 24.1 Å². The van der Waals surface area contributed by atoms with E-state index < -0.39 is 0 Å². The molecule has 0 saturated heterocycles. The van der Waals surface area contributed by atoms with Crippen LogP contribution < -0.4 is 26.0 Å². The van der Waals surface area contributed by atoms with E-state index in [4.69, 9.17) is 4.74 Å². The van der Waals surface area contributed by atoms with Crippen molar-refractivity contribution in [2.75, 3.05) is 74.1 Å². The lowest BCUT2D eigenvalue weighted by molar-refractivity contribution is 0.183. The first-order valence-corrected chi connectivity index (χ1v) is 15.2. The summed E-state index contributed by atoms with van der Waals surface area (Å²) in [6.07, 6.45) is 0. The summed E-state index contributed by atoms with van der Waals surface area (Å²) in [5.74, 6) is 0.985. The number of carbonyl (C=O) groups is 4. The summed E-state index contributed by atoms with van der Waals surface area (Å²) in [6, 6.07) is 16.1. The summed E-state index contributed by atoms with van der Waals surface area (Å²) < 4.78 is 5.17. The van der Waals surface area contributed by atoms with Crippen LogP contribution in [0, 0.1) is 5.92 Å². The van der Waals surface area contributed by atoms with Gasteiger partial charge in [0, 0.05) is 80.0 Å². The molecule has 0 fully saturated rings. The van der Waals surface area contributed by atoms with Crippen molar-refractivity contribution in [2.45, 2.75) is 26.9 Å². The molecule has 0 atom stereocenters. The van der Waals surface area contributed by atoms with Gasteiger partial charge in [0.2, 0.25) is 0 Å². The Hall–Kier alpha value is -4.68. The highest BCUT2D eigenvalue weighted by Crippen LogP contribution is 2.12. The second-order valence-electron chi connectivity index (χ2n) is 11.1. The monoisotopic (exact) mass is 626 g/mol. The Balaban J connectivity index is 1.74. The Morgan fingerprint density at radius 3 is 1.78 bits per heavy atom. The minimum Gasteiger partial charge on any atom is -0.497 e. The second-order valence-corrected chi connectivity index (χ2v) is 11.1. The maximum atomic E-state index is 12.9. The molecule has 0 aromatic heterocycles. The first-order valence-electron chi connectivity index (χ1n) is 15.2. The van der Waals surface area contributed by atoms with Crippen molar-refractivity contribution in [1.82, 2.24) is 40.9 Å². The standard InChI is InChI=1S/C32H50N8O5/c1-25(2)22-39(20-17-35-31(43)38(5)23-27-12-14-28(45-6)15-13-27)32(44)36-16-19-37(4)30(42)34-18-21-40(29(41)33-3)24-26-10-8-7-9-11-26/h7-15,25H,16-24H2,1-6H3,(H,33,41)(H,34,42)(H,35,43)(H,36,44). The first-order chi connectivity index (χ1) is 21.5. The van der Waals surface area contributed by atoms with Crippen LogP contribution in [0.4, 0.5) is 19.2 Å². The zero-order valence-electron chi connectivity index (χ0n) is 27.5. The lowest BCUT2D eigenvalue weighted by atomic mass is 10.2. The highest BCUT2D eigenvalue weighted by molar-refractivity contribution is 5.76. The fourth-order valence-corrected chi connectivity index (χ4v) is 4.42. The smallest absolute Gasteiger partial charge is 0.317 e. The molecule has 0 aliphatic carbocycles. The number of carbonyl (C=O) groups excluding carboxylic acids is 4. The van der Waals surface area contributed by atoms with Crippen molar-refractivity contribution >= 4 is 24.1 Å².